The number of para-hydroxylation sites is 2. The SMILES string of the molecule is O=C(c1cc(-c2ccco2)n(-c2cccc(Cl)c2)n1)N1CCN(c2ccccc2[N+](=O)[O-])CC1. The van der Waals surface area contributed by atoms with Gasteiger partial charge in [0.2, 0.25) is 0 Å². The summed E-state index contributed by atoms with van der Waals surface area (Å²) in [5.41, 5.74) is 2.24. The molecule has 1 aliphatic rings. The van der Waals surface area contributed by atoms with Crippen LogP contribution in [0.4, 0.5) is 11.4 Å². The molecule has 9 nitrogen and oxygen atoms in total. The Hall–Kier alpha value is -4.11. The minimum atomic E-state index is -0.383. The van der Waals surface area contributed by atoms with Crippen LogP contribution in [0.5, 0.6) is 0 Å². The number of amides is 1. The molecule has 1 fully saturated rings. The van der Waals surface area contributed by atoms with Crippen LogP contribution >= 0.6 is 11.6 Å². The Bertz CT molecular complexity index is 1340. The number of aromatic nitrogens is 2. The predicted octanol–water partition coefficient (Wildman–Crippen LogP) is 4.66. The average molecular weight is 478 g/mol. The van der Waals surface area contributed by atoms with E-state index < -0.39 is 0 Å². The molecular formula is C24H20ClN5O4. The van der Waals surface area contributed by atoms with Gasteiger partial charge in [-0.2, -0.15) is 5.10 Å². The fourth-order valence-corrected chi connectivity index (χ4v) is 4.27. The van der Waals surface area contributed by atoms with Gasteiger partial charge in [0.1, 0.15) is 11.4 Å². The Labute approximate surface area is 199 Å². The zero-order valence-corrected chi connectivity index (χ0v) is 18.8. The van der Waals surface area contributed by atoms with Crippen LogP contribution in [0.2, 0.25) is 5.02 Å². The van der Waals surface area contributed by atoms with Crippen molar-refractivity contribution >= 4 is 28.9 Å². The molecular weight excluding hydrogens is 458 g/mol. The van der Waals surface area contributed by atoms with Crippen LogP contribution in [0, 0.1) is 10.1 Å². The fourth-order valence-electron chi connectivity index (χ4n) is 4.09. The van der Waals surface area contributed by atoms with Crippen molar-refractivity contribution in [3.05, 3.63) is 93.8 Å². The van der Waals surface area contributed by atoms with Crippen molar-refractivity contribution in [1.29, 1.82) is 0 Å². The van der Waals surface area contributed by atoms with Gasteiger partial charge >= 0.3 is 0 Å². The summed E-state index contributed by atoms with van der Waals surface area (Å²) in [4.78, 5) is 28.0. The lowest BCUT2D eigenvalue weighted by atomic mass is 10.2. The second-order valence-electron chi connectivity index (χ2n) is 7.81. The lowest BCUT2D eigenvalue weighted by Crippen LogP contribution is -2.49. The summed E-state index contributed by atoms with van der Waals surface area (Å²) in [6.07, 6.45) is 1.56. The molecule has 3 heterocycles. The third kappa shape index (κ3) is 4.13. The third-order valence-corrected chi connectivity index (χ3v) is 5.98. The molecule has 0 atom stereocenters. The highest BCUT2D eigenvalue weighted by molar-refractivity contribution is 6.30. The first-order chi connectivity index (χ1) is 16.5. The normalized spacial score (nSPS) is 13.8. The number of carbonyl (C=O) groups excluding carboxylic acids is 1. The first kappa shape index (κ1) is 21.7. The van der Waals surface area contributed by atoms with E-state index in [0.717, 1.165) is 0 Å². The van der Waals surface area contributed by atoms with Crippen molar-refractivity contribution in [1.82, 2.24) is 14.7 Å². The van der Waals surface area contributed by atoms with E-state index in [4.69, 9.17) is 16.0 Å². The maximum absolute atomic E-state index is 13.3. The van der Waals surface area contributed by atoms with Crippen LogP contribution in [0.3, 0.4) is 0 Å². The van der Waals surface area contributed by atoms with Gasteiger partial charge in [0.05, 0.1) is 16.9 Å². The molecule has 4 aromatic rings. The summed E-state index contributed by atoms with van der Waals surface area (Å²) < 4.78 is 7.20. The van der Waals surface area contributed by atoms with E-state index in [1.807, 2.05) is 17.0 Å². The van der Waals surface area contributed by atoms with E-state index in [1.54, 1.807) is 64.4 Å². The van der Waals surface area contributed by atoms with Gasteiger partial charge in [-0.15, -0.1) is 0 Å². The van der Waals surface area contributed by atoms with E-state index in [1.165, 1.54) is 6.07 Å². The Kier molecular flexibility index (Phi) is 5.77. The third-order valence-electron chi connectivity index (χ3n) is 5.74. The van der Waals surface area contributed by atoms with Gasteiger partial charge in [-0.3, -0.25) is 14.9 Å². The maximum atomic E-state index is 13.3. The Morgan fingerprint density at radius 2 is 1.79 bits per heavy atom. The van der Waals surface area contributed by atoms with Crippen LogP contribution in [-0.2, 0) is 0 Å². The van der Waals surface area contributed by atoms with Crippen molar-refractivity contribution in [3.8, 4) is 17.1 Å². The number of nitro groups is 1. The molecule has 0 unspecified atom stereocenters. The summed E-state index contributed by atoms with van der Waals surface area (Å²) in [6.45, 7) is 1.81. The minimum absolute atomic E-state index is 0.0608. The second kappa shape index (κ2) is 9.03. The number of nitro benzene ring substituents is 1. The molecule has 5 rings (SSSR count). The highest BCUT2D eigenvalue weighted by Gasteiger charge is 2.28. The molecule has 0 bridgehead atoms. The quantitative estimate of drug-likeness (QED) is 0.306. The molecule has 172 valence electrons. The summed E-state index contributed by atoms with van der Waals surface area (Å²) in [6, 6.07) is 19.1. The number of anilines is 1. The Morgan fingerprint density at radius 1 is 1.00 bits per heavy atom. The van der Waals surface area contributed by atoms with Crippen molar-refractivity contribution in [2.24, 2.45) is 0 Å². The van der Waals surface area contributed by atoms with Gasteiger partial charge in [-0.1, -0.05) is 29.8 Å². The number of hydrogen-bond donors (Lipinski definition) is 0. The molecule has 0 aliphatic carbocycles. The van der Waals surface area contributed by atoms with Crippen LogP contribution in [0.15, 0.2) is 77.4 Å². The highest BCUT2D eigenvalue weighted by atomic mass is 35.5. The number of piperazine rings is 1. The lowest BCUT2D eigenvalue weighted by Gasteiger charge is -2.35. The molecule has 0 spiro atoms. The van der Waals surface area contributed by atoms with Crippen molar-refractivity contribution in [2.75, 3.05) is 31.1 Å². The number of hydrogen-bond acceptors (Lipinski definition) is 6. The van der Waals surface area contributed by atoms with Gasteiger partial charge < -0.3 is 14.2 Å². The largest absolute Gasteiger partial charge is 0.463 e. The monoisotopic (exact) mass is 477 g/mol. The van der Waals surface area contributed by atoms with Gasteiger partial charge in [0.25, 0.3) is 11.6 Å². The van der Waals surface area contributed by atoms with Crippen LogP contribution in [0.1, 0.15) is 10.5 Å². The van der Waals surface area contributed by atoms with Crippen LogP contribution in [-0.4, -0.2) is 51.7 Å². The summed E-state index contributed by atoms with van der Waals surface area (Å²) in [7, 11) is 0. The number of furan rings is 1. The van der Waals surface area contributed by atoms with Gasteiger partial charge in [0.15, 0.2) is 11.5 Å². The van der Waals surface area contributed by atoms with E-state index in [2.05, 4.69) is 5.10 Å². The fraction of sp³-hybridized carbons (Fsp3) is 0.167. The molecule has 2 aromatic carbocycles. The summed E-state index contributed by atoms with van der Waals surface area (Å²) >= 11 is 6.17. The van der Waals surface area contributed by atoms with E-state index >= 15 is 0 Å². The molecule has 1 saturated heterocycles. The Morgan fingerprint density at radius 3 is 2.50 bits per heavy atom. The standard InChI is InChI=1S/C24H20ClN5O4/c25-17-5-3-6-18(15-17)29-22(23-9-4-14-34-23)16-19(26-29)24(31)28-12-10-27(11-13-28)20-7-1-2-8-21(20)30(32)33/h1-9,14-16H,10-13H2. The van der Waals surface area contributed by atoms with Gasteiger partial charge in [-0.05, 0) is 36.4 Å². The number of benzene rings is 2. The number of nitrogens with zero attached hydrogens (tertiary/aromatic N) is 5. The molecule has 10 heteroatoms. The van der Waals surface area contributed by atoms with Crippen molar-refractivity contribution in [3.63, 3.8) is 0 Å². The number of rotatable bonds is 5. The Balaban J connectivity index is 1.39. The maximum Gasteiger partial charge on any atom is 0.292 e. The molecule has 2 aromatic heterocycles. The molecule has 0 saturated carbocycles. The lowest BCUT2D eigenvalue weighted by molar-refractivity contribution is -0.384. The average Bonchev–Trinajstić information content (AvgIpc) is 3.54. The second-order valence-corrected chi connectivity index (χ2v) is 8.25. The van der Waals surface area contributed by atoms with E-state index in [-0.39, 0.29) is 22.2 Å². The van der Waals surface area contributed by atoms with Gasteiger partial charge in [0, 0.05) is 43.3 Å². The van der Waals surface area contributed by atoms with Crippen LogP contribution < -0.4 is 4.90 Å². The highest BCUT2D eigenvalue weighted by Crippen LogP contribution is 2.29. The minimum Gasteiger partial charge on any atom is -0.463 e. The molecule has 1 aliphatic heterocycles. The topological polar surface area (TPSA) is 97.7 Å². The molecule has 0 radical (unpaired) electrons. The van der Waals surface area contributed by atoms with Crippen molar-refractivity contribution < 1.29 is 14.1 Å². The number of carbonyl (C=O) groups is 1. The smallest absolute Gasteiger partial charge is 0.292 e. The van der Waals surface area contributed by atoms with E-state index in [0.29, 0.717) is 54.0 Å². The molecule has 34 heavy (non-hydrogen) atoms. The summed E-state index contributed by atoms with van der Waals surface area (Å²) in [5.74, 6) is 0.364. The summed E-state index contributed by atoms with van der Waals surface area (Å²) in [5, 5.41) is 16.5. The molecule has 0 N–H and O–H groups in total. The zero-order valence-electron chi connectivity index (χ0n) is 18.0. The molecule has 1 amide bonds. The van der Waals surface area contributed by atoms with Gasteiger partial charge in [-0.25, -0.2) is 4.68 Å². The first-order valence-corrected chi connectivity index (χ1v) is 11.1. The van der Waals surface area contributed by atoms with Crippen LogP contribution in [0.25, 0.3) is 17.1 Å². The predicted molar refractivity (Wildman–Crippen MR) is 127 cm³/mol. The zero-order chi connectivity index (χ0) is 23.7. The van der Waals surface area contributed by atoms with Crippen molar-refractivity contribution in [2.45, 2.75) is 0 Å². The number of halogens is 1. The van der Waals surface area contributed by atoms with E-state index in [9.17, 15) is 14.9 Å². The first-order valence-electron chi connectivity index (χ1n) is 10.7.